The van der Waals surface area contributed by atoms with Gasteiger partial charge in [0.25, 0.3) is 11.8 Å². The van der Waals surface area contributed by atoms with Gasteiger partial charge in [-0.3, -0.25) is 34.0 Å². The van der Waals surface area contributed by atoms with Crippen LogP contribution in [0.1, 0.15) is 47.6 Å². The molecule has 10 nitrogen and oxygen atoms in total. The van der Waals surface area contributed by atoms with E-state index >= 15 is 0 Å². The minimum Gasteiger partial charge on any atom is -0.351 e. The molecule has 1 N–H and O–H groups in total. The fraction of sp³-hybridized carbons (Fsp3) is 0.263. The van der Waals surface area contributed by atoms with Gasteiger partial charge in [0.1, 0.15) is 12.1 Å². The molecule has 2 saturated heterocycles. The number of nitrogens with zero attached hydrogens (tertiary/aromatic N) is 5. The Morgan fingerprint density at radius 3 is 2.17 bits per heavy atom. The number of carbonyl (C=O) groups is 4. The molecule has 244 valence electrons. The van der Waals surface area contributed by atoms with Gasteiger partial charge in [-0.2, -0.15) is 0 Å². The Kier molecular flexibility index (Phi) is 9.99. The molecule has 0 saturated carbocycles. The number of likely N-dealkylation sites (tertiary alicyclic amines) is 2. The third kappa shape index (κ3) is 7.02. The van der Waals surface area contributed by atoms with Gasteiger partial charge >= 0.3 is 0 Å². The molecule has 0 aliphatic carbocycles. The van der Waals surface area contributed by atoms with Crippen molar-refractivity contribution in [2.45, 2.75) is 43.8 Å². The zero-order valence-corrected chi connectivity index (χ0v) is 26.7. The first-order chi connectivity index (χ1) is 23.4. The normalized spacial score (nSPS) is 17.0. The van der Waals surface area contributed by atoms with Crippen molar-refractivity contribution in [1.82, 2.24) is 25.1 Å². The third-order valence-corrected chi connectivity index (χ3v) is 9.03. The SMILES string of the molecule is C=CC(=O)N1CCCC1C(=O)N(c1ccc(-c2cccnc2)cc1)C(C(=O)NC1CCN(C(=O)c2ccccc2)CC1)c1cccnc1. The molecule has 2 aromatic carbocycles. The number of benzene rings is 2. The summed E-state index contributed by atoms with van der Waals surface area (Å²) in [6.45, 7) is 5.05. The molecule has 4 aromatic rings. The van der Waals surface area contributed by atoms with Crippen LogP contribution < -0.4 is 10.2 Å². The maximum absolute atomic E-state index is 14.6. The van der Waals surface area contributed by atoms with E-state index in [2.05, 4.69) is 21.9 Å². The molecule has 2 aliphatic rings. The highest BCUT2D eigenvalue weighted by Gasteiger charge is 2.42. The lowest BCUT2D eigenvalue weighted by molar-refractivity contribution is -0.135. The van der Waals surface area contributed by atoms with Crippen LogP contribution >= 0.6 is 0 Å². The highest BCUT2D eigenvalue weighted by Crippen LogP contribution is 2.33. The molecule has 4 heterocycles. The molecule has 2 fully saturated rings. The number of aromatic nitrogens is 2. The molecular weight excluding hydrogens is 604 g/mol. The largest absolute Gasteiger partial charge is 0.351 e. The van der Waals surface area contributed by atoms with Gasteiger partial charge in [-0.05, 0) is 79.3 Å². The van der Waals surface area contributed by atoms with Crippen molar-refractivity contribution in [2.75, 3.05) is 24.5 Å². The van der Waals surface area contributed by atoms with Crippen LogP contribution in [0.3, 0.4) is 0 Å². The minimum atomic E-state index is -1.07. The van der Waals surface area contributed by atoms with E-state index < -0.39 is 12.1 Å². The third-order valence-electron chi connectivity index (χ3n) is 9.03. The van der Waals surface area contributed by atoms with E-state index in [1.54, 1.807) is 49.1 Å². The van der Waals surface area contributed by atoms with Crippen molar-refractivity contribution in [3.8, 4) is 11.1 Å². The van der Waals surface area contributed by atoms with Gasteiger partial charge in [-0.15, -0.1) is 0 Å². The Bertz CT molecular complexity index is 1740. The highest BCUT2D eigenvalue weighted by molar-refractivity contribution is 6.06. The van der Waals surface area contributed by atoms with Crippen LogP contribution in [0.4, 0.5) is 5.69 Å². The summed E-state index contributed by atoms with van der Waals surface area (Å²) < 4.78 is 0. The Balaban J connectivity index is 1.30. The van der Waals surface area contributed by atoms with Crippen molar-refractivity contribution in [3.63, 3.8) is 0 Å². The number of amides is 4. The summed E-state index contributed by atoms with van der Waals surface area (Å²) in [7, 11) is 0. The van der Waals surface area contributed by atoms with Crippen LogP contribution in [0.5, 0.6) is 0 Å². The fourth-order valence-electron chi connectivity index (χ4n) is 6.54. The molecular formula is C38H38N6O4. The Labute approximate surface area is 280 Å². The second kappa shape index (κ2) is 14.8. The van der Waals surface area contributed by atoms with Crippen LogP contribution in [-0.2, 0) is 14.4 Å². The molecule has 48 heavy (non-hydrogen) atoms. The molecule has 2 aromatic heterocycles. The number of piperidine rings is 1. The van der Waals surface area contributed by atoms with Gasteiger partial charge in [-0.1, -0.05) is 49.0 Å². The Morgan fingerprint density at radius 1 is 0.812 bits per heavy atom. The zero-order valence-electron chi connectivity index (χ0n) is 26.7. The van der Waals surface area contributed by atoms with Crippen LogP contribution in [-0.4, -0.2) is 75.1 Å². The minimum absolute atomic E-state index is 0.0321. The standard InChI is InChI=1S/C38H38N6O4/c1-2-34(45)43-22-8-13-33(43)38(48)44(32-16-14-27(15-17-32)29-11-6-20-39-25-29)35(30-12-7-21-40-26-30)36(46)41-31-18-23-42(24-19-31)37(47)28-9-4-3-5-10-28/h2-7,9-12,14-17,20-21,25-26,31,33,35H,1,8,13,18-19,22-24H2,(H,41,46). The highest BCUT2D eigenvalue weighted by atomic mass is 16.2. The first-order valence-electron chi connectivity index (χ1n) is 16.3. The number of carbonyl (C=O) groups excluding carboxylic acids is 4. The summed E-state index contributed by atoms with van der Waals surface area (Å²) in [5.74, 6) is -1.07. The van der Waals surface area contributed by atoms with E-state index in [0.717, 1.165) is 11.1 Å². The lowest BCUT2D eigenvalue weighted by Gasteiger charge is -2.37. The second-order valence-electron chi connectivity index (χ2n) is 12.0. The number of nitrogens with one attached hydrogen (secondary N) is 1. The molecule has 0 spiro atoms. The van der Waals surface area contributed by atoms with E-state index in [1.807, 2.05) is 59.5 Å². The maximum Gasteiger partial charge on any atom is 0.253 e. The summed E-state index contributed by atoms with van der Waals surface area (Å²) in [5, 5.41) is 3.19. The summed E-state index contributed by atoms with van der Waals surface area (Å²) in [4.78, 5) is 68.2. The summed E-state index contributed by atoms with van der Waals surface area (Å²) >= 11 is 0. The molecule has 0 radical (unpaired) electrons. The zero-order chi connectivity index (χ0) is 33.5. The maximum atomic E-state index is 14.6. The lowest BCUT2D eigenvalue weighted by atomic mass is 9.99. The van der Waals surface area contributed by atoms with Gasteiger partial charge in [0.15, 0.2) is 0 Å². The second-order valence-corrected chi connectivity index (χ2v) is 12.0. The van der Waals surface area contributed by atoms with Crippen molar-refractivity contribution < 1.29 is 19.2 Å². The van der Waals surface area contributed by atoms with Crippen LogP contribution in [0, 0.1) is 0 Å². The number of anilines is 1. The van der Waals surface area contributed by atoms with E-state index in [9.17, 15) is 19.2 Å². The van der Waals surface area contributed by atoms with E-state index in [4.69, 9.17) is 0 Å². The average Bonchev–Trinajstić information content (AvgIpc) is 3.65. The quantitative estimate of drug-likeness (QED) is 0.262. The first kappa shape index (κ1) is 32.3. The smallest absolute Gasteiger partial charge is 0.253 e. The van der Waals surface area contributed by atoms with Crippen LogP contribution in [0.15, 0.2) is 116 Å². The van der Waals surface area contributed by atoms with Crippen molar-refractivity contribution in [3.05, 3.63) is 127 Å². The molecule has 2 unspecified atom stereocenters. The van der Waals surface area contributed by atoms with Crippen LogP contribution in [0.25, 0.3) is 11.1 Å². The Hall–Kier alpha value is -5.64. The van der Waals surface area contributed by atoms with Gasteiger partial charge < -0.3 is 15.1 Å². The lowest BCUT2D eigenvalue weighted by Crippen LogP contribution is -2.54. The van der Waals surface area contributed by atoms with E-state index in [0.29, 0.717) is 62.1 Å². The average molecular weight is 643 g/mol. The predicted octanol–water partition coefficient (Wildman–Crippen LogP) is 4.82. The molecule has 4 amide bonds. The molecule has 2 aliphatic heterocycles. The molecule has 6 rings (SSSR count). The number of hydrogen-bond acceptors (Lipinski definition) is 6. The van der Waals surface area contributed by atoms with Crippen LogP contribution in [0.2, 0.25) is 0 Å². The Morgan fingerprint density at radius 2 is 1.52 bits per heavy atom. The topological polar surface area (TPSA) is 116 Å². The predicted molar refractivity (Wildman–Crippen MR) is 183 cm³/mol. The van der Waals surface area contributed by atoms with Crippen molar-refractivity contribution in [2.24, 2.45) is 0 Å². The summed E-state index contributed by atoms with van der Waals surface area (Å²) in [5.41, 5.74) is 3.51. The first-order valence-corrected chi connectivity index (χ1v) is 16.3. The van der Waals surface area contributed by atoms with Crippen molar-refractivity contribution in [1.29, 1.82) is 0 Å². The fourth-order valence-corrected chi connectivity index (χ4v) is 6.54. The van der Waals surface area contributed by atoms with Gasteiger partial charge in [-0.25, -0.2) is 0 Å². The van der Waals surface area contributed by atoms with Crippen molar-refractivity contribution >= 4 is 29.3 Å². The summed E-state index contributed by atoms with van der Waals surface area (Å²) in [6, 6.07) is 21.9. The van der Waals surface area contributed by atoms with Gasteiger partial charge in [0.2, 0.25) is 11.8 Å². The van der Waals surface area contributed by atoms with E-state index in [-0.39, 0.29) is 29.7 Å². The molecule has 0 bridgehead atoms. The summed E-state index contributed by atoms with van der Waals surface area (Å²) in [6.07, 6.45) is 10.2. The number of pyridine rings is 2. The van der Waals surface area contributed by atoms with Gasteiger partial charge in [0, 0.05) is 67.3 Å². The van der Waals surface area contributed by atoms with E-state index in [1.165, 1.54) is 15.9 Å². The monoisotopic (exact) mass is 642 g/mol. The molecule has 2 atom stereocenters. The number of hydrogen-bond donors (Lipinski definition) is 1. The van der Waals surface area contributed by atoms with Gasteiger partial charge in [0.05, 0.1) is 0 Å². The molecule has 10 heteroatoms. The number of rotatable bonds is 9.